The monoisotopic (exact) mass is 352 g/mol. The molecule has 7 nitrogen and oxygen atoms in total. The molecular formula is C18H28N2O5. The summed E-state index contributed by atoms with van der Waals surface area (Å²) in [6, 6.07) is 1.62. The van der Waals surface area contributed by atoms with Crippen LogP contribution in [-0.2, 0) is 9.53 Å². The molecule has 0 aliphatic rings. The lowest BCUT2D eigenvalue weighted by molar-refractivity contribution is -0.123. The molecule has 0 aliphatic carbocycles. The predicted octanol–water partition coefficient (Wildman–Crippen LogP) is 2.91. The molecular weight excluding hydrogens is 324 g/mol. The minimum Gasteiger partial charge on any atom is -0.461 e. The number of alkyl carbamates (subject to hydrolysis) is 1. The summed E-state index contributed by atoms with van der Waals surface area (Å²) >= 11 is 0. The third-order valence-corrected chi connectivity index (χ3v) is 3.23. The first-order chi connectivity index (χ1) is 11.5. The lowest BCUT2D eigenvalue weighted by Crippen LogP contribution is -2.51. The van der Waals surface area contributed by atoms with Crippen LogP contribution in [0.3, 0.4) is 0 Å². The number of hydrogen-bond acceptors (Lipinski definition) is 5. The molecule has 0 saturated carbocycles. The van der Waals surface area contributed by atoms with E-state index in [0.717, 1.165) is 0 Å². The summed E-state index contributed by atoms with van der Waals surface area (Å²) in [5.74, 6) is -0.370. The topological polar surface area (TPSA) is 97.6 Å². The van der Waals surface area contributed by atoms with E-state index in [1.165, 1.54) is 13.2 Å². The Bertz CT molecular complexity index is 587. The van der Waals surface area contributed by atoms with Crippen LogP contribution in [0.4, 0.5) is 4.79 Å². The van der Waals surface area contributed by atoms with Crippen LogP contribution in [0, 0.1) is 5.92 Å². The molecule has 0 spiro atoms. The Kier molecular flexibility index (Phi) is 7.21. The van der Waals surface area contributed by atoms with E-state index in [2.05, 4.69) is 10.6 Å². The van der Waals surface area contributed by atoms with Crippen molar-refractivity contribution in [1.29, 1.82) is 0 Å². The van der Waals surface area contributed by atoms with E-state index >= 15 is 0 Å². The number of rotatable bonds is 7. The van der Waals surface area contributed by atoms with E-state index in [1.807, 2.05) is 13.8 Å². The van der Waals surface area contributed by atoms with Crippen LogP contribution in [0.25, 0.3) is 0 Å². The zero-order valence-electron chi connectivity index (χ0n) is 15.7. The maximum atomic E-state index is 12.5. The number of Topliss-reactive ketones (excluding diaryl/α,β-unsaturated/α-hetero) is 1. The summed E-state index contributed by atoms with van der Waals surface area (Å²) in [6.45, 7) is 10.6. The van der Waals surface area contributed by atoms with Crippen LogP contribution in [-0.4, -0.2) is 35.5 Å². The molecule has 2 atom stereocenters. The van der Waals surface area contributed by atoms with Gasteiger partial charge in [-0.2, -0.15) is 0 Å². The smallest absolute Gasteiger partial charge is 0.408 e. The largest absolute Gasteiger partial charge is 0.461 e. The van der Waals surface area contributed by atoms with E-state index in [-0.39, 0.29) is 17.5 Å². The summed E-state index contributed by atoms with van der Waals surface area (Å²) < 4.78 is 10.3. The molecule has 1 rings (SSSR count). The van der Waals surface area contributed by atoms with Gasteiger partial charge in [0.15, 0.2) is 5.76 Å². The van der Waals surface area contributed by atoms with Crippen molar-refractivity contribution in [1.82, 2.24) is 10.6 Å². The number of nitrogens with one attached hydrogen (secondary N) is 2. The average Bonchev–Trinajstić information content (AvgIpc) is 2.96. The van der Waals surface area contributed by atoms with Crippen LogP contribution < -0.4 is 10.6 Å². The molecule has 7 heteroatoms. The summed E-state index contributed by atoms with van der Waals surface area (Å²) in [5.41, 5.74) is -0.657. The first-order valence-electron chi connectivity index (χ1n) is 8.37. The second-order valence-corrected chi connectivity index (χ2v) is 7.40. The number of ether oxygens (including phenoxy) is 1. The van der Waals surface area contributed by atoms with Crippen LogP contribution >= 0.6 is 0 Å². The number of carbonyl (C=O) groups is 3. The molecule has 0 fully saturated rings. The molecule has 1 heterocycles. The maximum absolute atomic E-state index is 12.5. The Morgan fingerprint density at radius 1 is 1.16 bits per heavy atom. The standard InChI is InChI=1S/C18H28N2O5/c1-11(2)10-13(15(21)14-8-7-9-24-14)20-16(22)12(3)19-17(23)25-18(4,5)6/h7-9,11-13H,10H2,1-6H3,(H,19,23)(H,20,22)/t12-,13-/m0/s1. The molecule has 0 saturated heterocycles. The Labute approximate surface area is 148 Å². The second-order valence-electron chi connectivity index (χ2n) is 7.40. The van der Waals surface area contributed by atoms with Crippen molar-refractivity contribution in [3.8, 4) is 0 Å². The zero-order valence-corrected chi connectivity index (χ0v) is 15.7. The van der Waals surface area contributed by atoms with Gasteiger partial charge in [-0.15, -0.1) is 0 Å². The molecule has 1 aromatic rings. The highest BCUT2D eigenvalue weighted by Crippen LogP contribution is 2.12. The molecule has 0 aromatic carbocycles. The molecule has 2 N–H and O–H groups in total. The first-order valence-corrected chi connectivity index (χ1v) is 8.37. The van der Waals surface area contributed by atoms with Crippen molar-refractivity contribution in [2.45, 2.75) is 65.6 Å². The molecule has 0 aliphatic heterocycles. The van der Waals surface area contributed by atoms with Crippen molar-refractivity contribution in [3.05, 3.63) is 24.2 Å². The van der Waals surface area contributed by atoms with Crippen LogP contribution in [0.2, 0.25) is 0 Å². The fourth-order valence-electron chi connectivity index (χ4n) is 2.14. The molecule has 2 amide bonds. The van der Waals surface area contributed by atoms with E-state index in [9.17, 15) is 14.4 Å². The lowest BCUT2D eigenvalue weighted by Gasteiger charge is -2.23. The highest BCUT2D eigenvalue weighted by atomic mass is 16.6. The molecule has 1 aromatic heterocycles. The molecule has 0 unspecified atom stereocenters. The van der Waals surface area contributed by atoms with Crippen molar-refractivity contribution < 1.29 is 23.5 Å². The number of ketones is 1. The Morgan fingerprint density at radius 2 is 1.80 bits per heavy atom. The molecule has 0 bridgehead atoms. The van der Waals surface area contributed by atoms with E-state index in [1.54, 1.807) is 32.9 Å². The molecule has 0 radical (unpaired) electrons. The van der Waals surface area contributed by atoms with Crippen LogP contribution in [0.5, 0.6) is 0 Å². The fourth-order valence-corrected chi connectivity index (χ4v) is 2.14. The van der Waals surface area contributed by atoms with E-state index in [0.29, 0.717) is 6.42 Å². The Morgan fingerprint density at radius 3 is 2.28 bits per heavy atom. The lowest BCUT2D eigenvalue weighted by atomic mass is 9.98. The van der Waals surface area contributed by atoms with Crippen molar-refractivity contribution in [2.24, 2.45) is 5.92 Å². The minimum absolute atomic E-state index is 0.193. The fraction of sp³-hybridized carbons (Fsp3) is 0.611. The number of carbonyl (C=O) groups excluding carboxylic acids is 3. The van der Waals surface area contributed by atoms with Gasteiger partial charge in [0.25, 0.3) is 0 Å². The van der Waals surface area contributed by atoms with Crippen molar-refractivity contribution >= 4 is 17.8 Å². The van der Waals surface area contributed by atoms with E-state index < -0.39 is 29.7 Å². The van der Waals surface area contributed by atoms with Gasteiger partial charge in [0.2, 0.25) is 11.7 Å². The van der Waals surface area contributed by atoms with Crippen LogP contribution in [0.1, 0.15) is 58.5 Å². The SMILES string of the molecule is CC(C)C[C@H](NC(=O)[C@H](C)NC(=O)OC(C)(C)C)C(=O)c1ccco1. The first kappa shape index (κ1) is 20.7. The normalized spacial score (nSPS) is 13.9. The summed E-state index contributed by atoms with van der Waals surface area (Å²) in [6.07, 6.45) is 1.19. The number of amides is 2. The third-order valence-electron chi connectivity index (χ3n) is 3.23. The minimum atomic E-state index is -0.839. The van der Waals surface area contributed by atoms with Gasteiger partial charge in [0.1, 0.15) is 11.6 Å². The zero-order chi connectivity index (χ0) is 19.2. The molecule has 25 heavy (non-hydrogen) atoms. The highest BCUT2D eigenvalue weighted by Gasteiger charge is 2.28. The van der Waals surface area contributed by atoms with Crippen molar-refractivity contribution in [3.63, 3.8) is 0 Å². The van der Waals surface area contributed by atoms with Gasteiger partial charge in [-0.3, -0.25) is 9.59 Å². The molecule has 140 valence electrons. The predicted molar refractivity (Wildman–Crippen MR) is 93.3 cm³/mol. The number of furan rings is 1. The van der Waals surface area contributed by atoms with Gasteiger partial charge in [-0.1, -0.05) is 13.8 Å². The van der Waals surface area contributed by atoms with Gasteiger partial charge in [-0.05, 0) is 52.2 Å². The van der Waals surface area contributed by atoms with Gasteiger partial charge >= 0.3 is 6.09 Å². The highest BCUT2D eigenvalue weighted by molar-refractivity contribution is 6.00. The Hall–Kier alpha value is -2.31. The van der Waals surface area contributed by atoms with Gasteiger partial charge in [0.05, 0.1) is 12.3 Å². The maximum Gasteiger partial charge on any atom is 0.408 e. The van der Waals surface area contributed by atoms with Gasteiger partial charge in [0, 0.05) is 0 Å². The van der Waals surface area contributed by atoms with Crippen molar-refractivity contribution in [2.75, 3.05) is 0 Å². The quantitative estimate of drug-likeness (QED) is 0.735. The Balaban J connectivity index is 2.71. The van der Waals surface area contributed by atoms with Gasteiger partial charge in [-0.25, -0.2) is 4.79 Å². The summed E-state index contributed by atoms with van der Waals surface area (Å²) in [5, 5.41) is 5.15. The average molecular weight is 352 g/mol. The summed E-state index contributed by atoms with van der Waals surface area (Å²) in [4.78, 5) is 36.6. The third kappa shape index (κ3) is 7.41. The van der Waals surface area contributed by atoms with E-state index in [4.69, 9.17) is 9.15 Å². The number of hydrogen-bond donors (Lipinski definition) is 2. The van der Waals surface area contributed by atoms with Gasteiger partial charge < -0.3 is 19.8 Å². The second kappa shape index (κ2) is 8.69. The summed E-state index contributed by atoms with van der Waals surface area (Å²) in [7, 11) is 0. The van der Waals surface area contributed by atoms with Crippen LogP contribution in [0.15, 0.2) is 22.8 Å².